The minimum Gasteiger partial charge on any atom is -0.397 e. The molecule has 18 heavy (non-hydrogen) atoms. The van der Waals surface area contributed by atoms with Crippen molar-refractivity contribution < 1.29 is 21.6 Å². The molecule has 0 fully saturated rings. The lowest BCUT2D eigenvalue weighted by Gasteiger charge is -2.10. The Labute approximate surface area is 104 Å². The predicted molar refractivity (Wildman–Crippen MR) is 62.9 cm³/mol. The second-order valence-electron chi connectivity index (χ2n) is 4.02. The van der Waals surface area contributed by atoms with Crippen LogP contribution in [0.25, 0.3) is 0 Å². The van der Waals surface area contributed by atoms with Crippen molar-refractivity contribution >= 4 is 15.5 Å². The Balaban J connectivity index is 2.84. The minimum atomic E-state index is -4.34. The molecule has 102 valence electrons. The molecule has 0 radical (unpaired) electrons. The summed E-state index contributed by atoms with van der Waals surface area (Å²) >= 11 is 0. The molecule has 1 aromatic rings. The molecule has 1 aromatic carbocycles. The summed E-state index contributed by atoms with van der Waals surface area (Å²) < 4.78 is 59.6. The third-order valence-electron chi connectivity index (χ3n) is 2.49. The summed E-state index contributed by atoms with van der Waals surface area (Å²) in [7, 11) is -3.76. The third kappa shape index (κ3) is 3.90. The van der Waals surface area contributed by atoms with Gasteiger partial charge in [0.2, 0.25) is 0 Å². The van der Waals surface area contributed by atoms with Gasteiger partial charge < -0.3 is 5.73 Å². The highest BCUT2D eigenvalue weighted by Gasteiger charge is 2.28. The fourth-order valence-corrected chi connectivity index (χ4v) is 3.02. The lowest BCUT2D eigenvalue weighted by molar-refractivity contribution is -0.134. The number of benzene rings is 1. The summed E-state index contributed by atoms with van der Waals surface area (Å²) in [5.74, 6) is -0.555. The van der Waals surface area contributed by atoms with E-state index in [4.69, 9.17) is 5.73 Å². The summed E-state index contributed by atoms with van der Waals surface area (Å²) in [6.45, 7) is 1.64. The largest absolute Gasteiger partial charge is 0.397 e. The van der Waals surface area contributed by atoms with Crippen molar-refractivity contribution in [2.45, 2.75) is 30.8 Å². The smallest absolute Gasteiger partial charge is 0.389 e. The maximum absolute atomic E-state index is 12.0. The van der Waals surface area contributed by atoms with Gasteiger partial charge in [-0.15, -0.1) is 0 Å². The fraction of sp³-hybridized carbons (Fsp3) is 0.455. The highest BCUT2D eigenvalue weighted by Crippen LogP contribution is 2.26. The Kier molecular flexibility index (Phi) is 4.26. The molecule has 0 saturated heterocycles. The van der Waals surface area contributed by atoms with Crippen molar-refractivity contribution in [3.63, 3.8) is 0 Å². The van der Waals surface area contributed by atoms with E-state index >= 15 is 0 Å². The molecule has 1 rings (SSSR count). The standard InChI is InChI=1S/C11H14F3NO2S/c1-8-4-2-5-9(10(8)15)18(16,17)7-3-6-11(12,13)14/h2,4-5H,3,6-7,15H2,1H3. The maximum Gasteiger partial charge on any atom is 0.389 e. The second kappa shape index (κ2) is 5.17. The van der Waals surface area contributed by atoms with Crippen molar-refractivity contribution in [2.24, 2.45) is 0 Å². The predicted octanol–water partition coefficient (Wildman–Crippen LogP) is 2.69. The Morgan fingerprint density at radius 1 is 1.28 bits per heavy atom. The van der Waals surface area contributed by atoms with E-state index in [0.29, 0.717) is 5.56 Å². The van der Waals surface area contributed by atoms with Gasteiger partial charge in [0.1, 0.15) is 0 Å². The van der Waals surface area contributed by atoms with E-state index in [0.717, 1.165) is 0 Å². The summed E-state index contributed by atoms with van der Waals surface area (Å²) in [5, 5.41) is 0. The molecule has 0 amide bonds. The van der Waals surface area contributed by atoms with Crippen LogP contribution < -0.4 is 5.73 Å². The van der Waals surface area contributed by atoms with Crippen molar-refractivity contribution in [1.82, 2.24) is 0 Å². The van der Waals surface area contributed by atoms with Gasteiger partial charge in [-0.05, 0) is 25.0 Å². The molecule has 0 bridgehead atoms. The van der Waals surface area contributed by atoms with E-state index in [-0.39, 0.29) is 10.6 Å². The van der Waals surface area contributed by atoms with Gasteiger partial charge >= 0.3 is 6.18 Å². The van der Waals surface area contributed by atoms with E-state index in [2.05, 4.69) is 0 Å². The first kappa shape index (κ1) is 14.8. The number of anilines is 1. The molecule has 0 unspecified atom stereocenters. The van der Waals surface area contributed by atoms with Crippen molar-refractivity contribution in [3.05, 3.63) is 23.8 Å². The van der Waals surface area contributed by atoms with Gasteiger partial charge in [-0.1, -0.05) is 12.1 Å². The zero-order chi connectivity index (χ0) is 14.0. The molecular formula is C11H14F3NO2S. The lowest BCUT2D eigenvalue weighted by atomic mass is 10.2. The molecule has 3 nitrogen and oxygen atoms in total. The van der Waals surface area contributed by atoms with Gasteiger partial charge in [0, 0.05) is 6.42 Å². The fourth-order valence-electron chi connectivity index (χ4n) is 1.50. The number of sulfone groups is 1. The van der Waals surface area contributed by atoms with Gasteiger partial charge in [0.15, 0.2) is 9.84 Å². The highest BCUT2D eigenvalue weighted by molar-refractivity contribution is 7.91. The molecule has 2 N–H and O–H groups in total. The third-order valence-corrected chi connectivity index (χ3v) is 4.34. The maximum atomic E-state index is 12.0. The SMILES string of the molecule is Cc1cccc(S(=O)(=O)CCCC(F)(F)F)c1N. The summed E-state index contributed by atoms with van der Waals surface area (Å²) in [6.07, 6.45) is -5.91. The monoisotopic (exact) mass is 281 g/mol. The average Bonchev–Trinajstić information content (AvgIpc) is 2.19. The molecule has 0 atom stereocenters. The minimum absolute atomic E-state index is 0.0929. The molecule has 0 aliphatic rings. The van der Waals surface area contributed by atoms with Crippen LogP contribution in [0.5, 0.6) is 0 Å². The number of nitrogen functional groups attached to an aromatic ring is 1. The molecule has 7 heteroatoms. The number of rotatable bonds is 4. The number of halogens is 3. The van der Waals surface area contributed by atoms with E-state index in [9.17, 15) is 21.6 Å². The average molecular weight is 281 g/mol. The normalized spacial score (nSPS) is 12.7. The summed E-state index contributed by atoms with van der Waals surface area (Å²) in [4.78, 5) is -0.0929. The van der Waals surface area contributed by atoms with E-state index in [1.165, 1.54) is 12.1 Å². The number of aryl methyl sites for hydroxylation is 1. The first-order valence-electron chi connectivity index (χ1n) is 5.28. The van der Waals surface area contributed by atoms with E-state index in [1.54, 1.807) is 13.0 Å². The zero-order valence-corrected chi connectivity index (χ0v) is 10.6. The van der Waals surface area contributed by atoms with Crippen molar-refractivity contribution in [1.29, 1.82) is 0 Å². The summed E-state index contributed by atoms with van der Waals surface area (Å²) in [5.41, 5.74) is 6.32. The molecule has 0 heterocycles. The zero-order valence-electron chi connectivity index (χ0n) is 9.79. The van der Waals surface area contributed by atoms with Crippen LogP contribution in [0.2, 0.25) is 0 Å². The number of hydrogen-bond donors (Lipinski definition) is 1. The van der Waals surface area contributed by atoms with Crippen LogP contribution in [0.3, 0.4) is 0 Å². The summed E-state index contributed by atoms with van der Waals surface area (Å²) in [6, 6.07) is 4.47. The van der Waals surface area contributed by atoms with Crippen LogP contribution in [-0.4, -0.2) is 20.3 Å². The Morgan fingerprint density at radius 2 is 1.89 bits per heavy atom. The van der Waals surface area contributed by atoms with Gasteiger partial charge in [0.25, 0.3) is 0 Å². The molecule has 0 spiro atoms. The van der Waals surface area contributed by atoms with Crippen LogP contribution in [0, 0.1) is 6.92 Å². The van der Waals surface area contributed by atoms with Crippen LogP contribution in [-0.2, 0) is 9.84 Å². The number of hydrogen-bond acceptors (Lipinski definition) is 3. The number of nitrogens with two attached hydrogens (primary N) is 1. The van der Waals surface area contributed by atoms with Crippen LogP contribution in [0.15, 0.2) is 23.1 Å². The Morgan fingerprint density at radius 3 is 2.44 bits per heavy atom. The van der Waals surface area contributed by atoms with E-state index in [1.807, 2.05) is 0 Å². The first-order valence-corrected chi connectivity index (χ1v) is 6.93. The van der Waals surface area contributed by atoms with Gasteiger partial charge in [-0.2, -0.15) is 13.2 Å². The quantitative estimate of drug-likeness (QED) is 0.863. The van der Waals surface area contributed by atoms with Crippen LogP contribution >= 0.6 is 0 Å². The lowest BCUT2D eigenvalue weighted by Crippen LogP contribution is -2.14. The van der Waals surface area contributed by atoms with Crippen LogP contribution in [0.4, 0.5) is 18.9 Å². The van der Waals surface area contributed by atoms with Crippen molar-refractivity contribution in [2.75, 3.05) is 11.5 Å². The number of alkyl halides is 3. The molecular weight excluding hydrogens is 267 g/mol. The molecule has 0 aliphatic heterocycles. The van der Waals surface area contributed by atoms with Gasteiger partial charge in [0.05, 0.1) is 16.3 Å². The number of para-hydroxylation sites is 1. The topological polar surface area (TPSA) is 60.2 Å². The highest BCUT2D eigenvalue weighted by atomic mass is 32.2. The van der Waals surface area contributed by atoms with Gasteiger partial charge in [-0.25, -0.2) is 8.42 Å². The Bertz CT molecular complexity index is 524. The van der Waals surface area contributed by atoms with Crippen molar-refractivity contribution in [3.8, 4) is 0 Å². The molecule has 0 aliphatic carbocycles. The Hall–Kier alpha value is -1.24. The van der Waals surface area contributed by atoms with E-state index < -0.39 is 34.6 Å². The first-order chi connectivity index (χ1) is 8.13. The van der Waals surface area contributed by atoms with Gasteiger partial charge in [-0.3, -0.25) is 0 Å². The van der Waals surface area contributed by atoms with Crippen LogP contribution in [0.1, 0.15) is 18.4 Å². The molecule has 0 saturated carbocycles. The molecule has 0 aromatic heterocycles. The second-order valence-corrected chi connectivity index (χ2v) is 6.10.